The summed E-state index contributed by atoms with van der Waals surface area (Å²) >= 11 is 0. The molecule has 5 nitrogen and oxygen atoms in total. The van der Waals surface area contributed by atoms with Crippen LogP contribution in [0.3, 0.4) is 0 Å². The Morgan fingerprint density at radius 1 is 1.16 bits per heavy atom. The molecule has 0 atom stereocenters. The standard InChI is InChI=1S/C14H18N2O3/c1-10-3-4-12(9-11(10)2)15-13(17)14(18)16-5-7-19-8-6-16/h3-4,9H,5-8H2,1-2H3,(H,15,17). The van der Waals surface area contributed by atoms with Gasteiger partial charge < -0.3 is 15.0 Å². The van der Waals surface area contributed by atoms with Gasteiger partial charge in [0.15, 0.2) is 0 Å². The summed E-state index contributed by atoms with van der Waals surface area (Å²) in [6.45, 7) is 5.89. The zero-order valence-electron chi connectivity index (χ0n) is 11.2. The summed E-state index contributed by atoms with van der Waals surface area (Å²) in [6, 6.07) is 5.58. The first-order valence-corrected chi connectivity index (χ1v) is 6.33. The number of rotatable bonds is 1. The van der Waals surface area contributed by atoms with E-state index in [1.54, 1.807) is 6.07 Å². The van der Waals surface area contributed by atoms with Crippen LogP contribution < -0.4 is 5.32 Å². The van der Waals surface area contributed by atoms with Crippen LogP contribution in [-0.2, 0) is 14.3 Å². The molecule has 0 unspecified atom stereocenters. The maximum atomic E-state index is 11.9. The lowest BCUT2D eigenvalue weighted by Crippen LogP contribution is -2.45. The molecule has 102 valence electrons. The minimum Gasteiger partial charge on any atom is -0.378 e. The molecular weight excluding hydrogens is 244 g/mol. The Bertz CT molecular complexity index is 493. The maximum absolute atomic E-state index is 11.9. The third-order valence-electron chi connectivity index (χ3n) is 3.26. The van der Waals surface area contributed by atoms with Gasteiger partial charge in [0, 0.05) is 18.8 Å². The summed E-state index contributed by atoms with van der Waals surface area (Å²) in [4.78, 5) is 25.3. The van der Waals surface area contributed by atoms with Crippen molar-refractivity contribution < 1.29 is 14.3 Å². The molecule has 1 aliphatic rings. The van der Waals surface area contributed by atoms with E-state index in [-0.39, 0.29) is 0 Å². The molecule has 1 aromatic rings. The molecule has 0 spiro atoms. The highest BCUT2D eigenvalue weighted by atomic mass is 16.5. The summed E-state index contributed by atoms with van der Waals surface area (Å²) in [7, 11) is 0. The van der Waals surface area contributed by atoms with Gasteiger partial charge in [-0.15, -0.1) is 0 Å². The average Bonchev–Trinajstić information content (AvgIpc) is 2.43. The molecule has 5 heteroatoms. The Morgan fingerprint density at radius 3 is 2.47 bits per heavy atom. The first-order valence-electron chi connectivity index (χ1n) is 6.33. The predicted octanol–water partition coefficient (Wildman–Crippen LogP) is 1.10. The zero-order valence-corrected chi connectivity index (χ0v) is 11.2. The lowest BCUT2D eigenvalue weighted by molar-refractivity contribution is -0.145. The molecule has 1 fully saturated rings. The third-order valence-corrected chi connectivity index (χ3v) is 3.26. The molecule has 0 aliphatic carbocycles. The summed E-state index contributed by atoms with van der Waals surface area (Å²) in [5.41, 5.74) is 2.88. The minimum atomic E-state index is -0.592. The molecule has 2 rings (SSSR count). The van der Waals surface area contributed by atoms with Gasteiger partial charge in [-0.25, -0.2) is 0 Å². The SMILES string of the molecule is Cc1ccc(NC(=O)C(=O)N2CCOCC2)cc1C. The van der Waals surface area contributed by atoms with Crippen LogP contribution in [0, 0.1) is 13.8 Å². The Morgan fingerprint density at radius 2 is 1.84 bits per heavy atom. The van der Waals surface area contributed by atoms with Gasteiger partial charge in [-0.3, -0.25) is 9.59 Å². The fourth-order valence-electron chi connectivity index (χ4n) is 1.91. The van der Waals surface area contributed by atoms with Gasteiger partial charge in [0.05, 0.1) is 13.2 Å². The first kappa shape index (κ1) is 13.5. The van der Waals surface area contributed by atoms with E-state index in [2.05, 4.69) is 5.32 Å². The van der Waals surface area contributed by atoms with Crippen LogP contribution in [0.4, 0.5) is 5.69 Å². The van der Waals surface area contributed by atoms with Crippen molar-refractivity contribution in [3.63, 3.8) is 0 Å². The molecule has 1 aliphatic heterocycles. The number of anilines is 1. The van der Waals surface area contributed by atoms with Crippen LogP contribution in [0.2, 0.25) is 0 Å². The molecule has 1 N–H and O–H groups in total. The van der Waals surface area contributed by atoms with Gasteiger partial charge in [-0.05, 0) is 37.1 Å². The van der Waals surface area contributed by atoms with Gasteiger partial charge in [-0.1, -0.05) is 6.07 Å². The van der Waals surface area contributed by atoms with Crippen molar-refractivity contribution in [3.05, 3.63) is 29.3 Å². The normalized spacial score (nSPS) is 15.2. The van der Waals surface area contributed by atoms with Gasteiger partial charge in [0.2, 0.25) is 0 Å². The van der Waals surface area contributed by atoms with Gasteiger partial charge in [0.25, 0.3) is 0 Å². The van der Waals surface area contributed by atoms with E-state index in [1.807, 2.05) is 26.0 Å². The van der Waals surface area contributed by atoms with Crippen molar-refractivity contribution in [2.24, 2.45) is 0 Å². The number of nitrogens with zero attached hydrogens (tertiary/aromatic N) is 1. The van der Waals surface area contributed by atoms with Crippen molar-refractivity contribution in [2.45, 2.75) is 13.8 Å². The smallest absolute Gasteiger partial charge is 0.313 e. The van der Waals surface area contributed by atoms with Crippen molar-refractivity contribution in [1.82, 2.24) is 4.90 Å². The monoisotopic (exact) mass is 262 g/mol. The number of benzene rings is 1. The third kappa shape index (κ3) is 3.32. The van der Waals surface area contributed by atoms with Crippen LogP contribution in [0.25, 0.3) is 0 Å². The highest BCUT2D eigenvalue weighted by Crippen LogP contribution is 2.14. The summed E-state index contributed by atoms with van der Waals surface area (Å²) in [5.74, 6) is -1.09. The van der Waals surface area contributed by atoms with Crippen LogP contribution in [0.1, 0.15) is 11.1 Å². The minimum absolute atomic E-state index is 0.471. The Balaban J connectivity index is 1.99. The molecular formula is C14H18N2O3. The number of carbonyl (C=O) groups excluding carboxylic acids is 2. The van der Waals surface area contributed by atoms with E-state index < -0.39 is 11.8 Å². The number of hydrogen-bond donors (Lipinski definition) is 1. The van der Waals surface area contributed by atoms with Crippen LogP contribution >= 0.6 is 0 Å². The van der Waals surface area contributed by atoms with Crippen LogP contribution in [0.15, 0.2) is 18.2 Å². The molecule has 1 heterocycles. The van der Waals surface area contributed by atoms with E-state index in [9.17, 15) is 9.59 Å². The molecule has 1 saturated heterocycles. The van der Waals surface area contributed by atoms with Crippen molar-refractivity contribution in [3.8, 4) is 0 Å². The van der Waals surface area contributed by atoms with E-state index in [0.717, 1.165) is 11.1 Å². The lowest BCUT2D eigenvalue weighted by Gasteiger charge is -2.26. The molecule has 0 saturated carbocycles. The molecule has 0 aromatic heterocycles. The van der Waals surface area contributed by atoms with E-state index in [4.69, 9.17) is 4.74 Å². The Hall–Kier alpha value is -1.88. The lowest BCUT2D eigenvalue weighted by atomic mass is 10.1. The number of ether oxygens (including phenoxy) is 1. The van der Waals surface area contributed by atoms with E-state index in [0.29, 0.717) is 32.0 Å². The second kappa shape index (κ2) is 5.84. The number of aryl methyl sites for hydroxylation is 2. The fourth-order valence-corrected chi connectivity index (χ4v) is 1.91. The average molecular weight is 262 g/mol. The number of hydrogen-bond acceptors (Lipinski definition) is 3. The van der Waals surface area contributed by atoms with Gasteiger partial charge in [0.1, 0.15) is 0 Å². The van der Waals surface area contributed by atoms with E-state index in [1.165, 1.54) is 4.90 Å². The van der Waals surface area contributed by atoms with Crippen LogP contribution in [0.5, 0.6) is 0 Å². The highest BCUT2D eigenvalue weighted by Gasteiger charge is 2.23. The van der Waals surface area contributed by atoms with Crippen molar-refractivity contribution in [1.29, 1.82) is 0 Å². The summed E-state index contributed by atoms with van der Waals surface area (Å²) in [5, 5.41) is 2.64. The van der Waals surface area contributed by atoms with Crippen molar-refractivity contribution >= 4 is 17.5 Å². The summed E-state index contributed by atoms with van der Waals surface area (Å²) in [6.07, 6.45) is 0. The van der Waals surface area contributed by atoms with E-state index >= 15 is 0 Å². The maximum Gasteiger partial charge on any atom is 0.313 e. The molecule has 2 amide bonds. The number of amides is 2. The first-order chi connectivity index (χ1) is 9.08. The second-order valence-electron chi connectivity index (χ2n) is 4.66. The molecule has 0 bridgehead atoms. The topological polar surface area (TPSA) is 58.6 Å². The molecule has 0 radical (unpaired) electrons. The molecule has 19 heavy (non-hydrogen) atoms. The summed E-state index contributed by atoms with van der Waals surface area (Å²) < 4.78 is 5.15. The molecule has 1 aromatic carbocycles. The Kier molecular flexibility index (Phi) is 4.16. The van der Waals surface area contributed by atoms with Gasteiger partial charge in [-0.2, -0.15) is 0 Å². The largest absolute Gasteiger partial charge is 0.378 e. The van der Waals surface area contributed by atoms with Crippen molar-refractivity contribution in [2.75, 3.05) is 31.6 Å². The quantitative estimate of drug-likeness (QED) is 0.771. The number of nitrogens with one attached hydrogen (secondary N) is 1. The fraction of sp³-hybridized carbons (Fsp3) is 0.429. The number of morpholine rings is 1. The van der Waals surface area contributed by atoms with Gasteiger partial charge >= 0.3 is 11.8 Å². The second-order valence-corrected chi connectivity index (χ2v) is 4.66. The van der Waals surface area contributed by atoms with Crippen LogP contribution in [-0.4, -0.2) is 43.0 Å². The predicted molar refractivity (Wildman–Crippen MR) is 71.9 cm³/mol. The zero-order chi connectivity index (χ0) is 13.8. The highest BCUT2D eigenvalue weighted by molar-refractivity contribution is 6.39. The Labute approximate surface area is 112 Å². The number of carbonyl (C=O) groups is 2.